The molecule has 1 aliphatic rings. The average molecular weight is 514 g/mol. The van der Waals surface area contributed by atoms with E-state index in [0.29, 0.717) is 5.92 Å². The number of thiophene rings is 1. The zero-order valence-corrected chi connectivity index (χ0v) is 20.0. The van der Waals surface area contributed by atoms with Gasteiger partial charge in [0, 0.05) is 52.5 Å². The normalized spacial score (nSPS) is 16.4. The van der Waals surface area contributed by atoms with Crippen molar-refractivity contribution in [2.45, 2.75) is 19.4 Å². The maximum Gasteiger partial charge on any atom is 0.191 e. The van der Waals surface area contributed by atoms with Gasteiger partial charge in [0.1, 0.15) is 5.82 Å². The Balaban J connectivity index is 0.00000280. The highest BCUT2D eigenvalue weighted by molar-refractivity contribution is 14.0. The Bertz CT molecular complexity index is 728. The lowest BCUT2D eigenvalue weighted by Gasteiger charge is -2.33. The van der Waals surface area contributed by atoms with Crippen molar-refractivity contribution < 1.29 is 0 Å². The maximum absolute atomic E-state index is 4.56. The zero-order chi connectivity index (χ0) is 19.1. The van der Waals surface area contributed by atoms with Gasteiger partial charge < -0.3 is 20.4 Å². The van der Waals surface area contributed by atoms with E-state index in [1.165, 1.54) is 11.1 Å². The molecule has 1 unspecified atom stereocenters. The molecule has 0 radical (unpaired) electrons. The molecule has 3 heterocycles. The molecule has 2 N–H and O–H groups in total. The van der Waals surface area contributed by atoms with Gasteiger partial charge in [0.2, 0.25) is 0 Å². The number of pyridine rings is 1. The largest absolute Gasteiger partial charge is 0.356 e. The first-order chi connectivity index (χ1) is 13.2. The van der Waals surface area contributed by atoms with Gasteiger partial charge >= 0.3 is 0 Å². The minimum Gasteiger partial charge on any atom is -0.356 e. The molecule has 0 bridgehead atoms. The van der Waals surface area contributed by atoms with Crippen molar-refractivity contribution in [2.24, 2.45) is 4.99 Å². The van der Waals surface area contributed by atoms with Gasteiger partial charge in [-0.25, -0.2) is 4.98 Å². The first-order valence-electron chi connectivity index (χ1n) is 9.50. The van der Waals surface area contributed by atoms with Gasteiger partial charge in [-0.05, 0) is 53.1 Å². The van der Waals surface area contributed by atoms with Gasteiger partial charge in [0.25, 0.3) is 0 Å². The van der Waals surface area contributed by atoms with E-state index in [0.717, 1.165) is 51.0 Å². The number of anilines is 1. The average Bonchev–Trinajstić information content (AvgIpc) is 3.24. The van der Waals surface area contributed by atoms with E-state index in [-0.39, 0.29) is 24.0 Å². The summed E-state index contributed by atoms with van der Waals surface area (Å²) >= 11 is 1.74. The third-order valence-electron chi connectivity index (χ3n) is 5.01. The first-order valence-corrected chi connectivity index (χ1v) is 10.4. The number of hydrogen-bond donors (Lipinski definition) is 2. The predicted octanol–water partition coefficient (Wildman–Crippen LogP) is 2.98. The quantitative estimate of drug-likeness (QED) is 0.353. The van der Waals surface area contributed by atoms with E-state index in [9.17, 15) is 0 Å². The van der Waals surface area contributed by atoms with Gasteiger partial charge in [-0.1, -0.05) is 6.92 Å². The van der Waals surface area contributed by atoms with Crippen molar-refractivity contribution in [3.63, 3.8) is 0 Å². The second kappa shape index (κ2) is 11.6. The SMILES string of the molecule is CN=C(NCc1ccnc(N2CCN(C)CC2)c1)NCC(C)c1ccsc1.I. The summed E-state index contributed by atoms with van der Waals surface area (Å²) in [6.45, 7) is 8.06. The summed E-state index contributed by atoms with van der Waals surface area (Å²) < 4.78 is 0. The van der Waals surface area contributed by atoms with Crippen LogP contribution < -0.4 is 15.5 Å². The highest BCUT2D eigenvalue weighted by Gasteiger charge is 2.15. The lowest BCUT2D eigenvalue weighted by atomic mass is 10.1. The van der Waals surface area contributed by atoms with Crippen LogP contribution in [0.4, 0.5) is 5.82 Å². The van der Waals surface area contributed by atoms with Crippen LogP contribution in [0.1, 0.15) is 24.0 Å². The molecule has 154 valence electrons. The molecule has 0 aromatic carbocycles. The highest BCUT2D eigenvalue weighted by atomic mass is 127. The van der Waals surface area contributed by atoms with Crippen molar-refractivity contribution >= 4 is 47.1 Å². The Morgan fingerprint density at radius 1 is 1.25 bits per heavy atom. The van der Waals surface area contributed by atoms with Crippen molar-refractivity contribution in [3.05, 3.63) is 46.3 Å². The van der Waals surface area contributed by atoms with Gasteiger partial charge in [-0.15, -0.1) is 24.0 Å². The summed E-state index contributed by atoms with van der Waals surface area (Å²) in [6.07, 6.45) is 1.90. The zero-order valence-electron chi connectivity index (χ0n) is 16.9. The van der Waals surface area contributed by atoms with E-state index < -0.39 is 0 Å². The molecule has 0 amide bonds. The Hall–Kier alpha value is -1.39. The van der Waals surface area contributed by atoms with Crippen LogP contribution in [-0.2, 0) is 6.54 Å². The molecule has 2 aromatic heterocycles. The monoisotopic (exact) mass is 514 g/mol. The minimum absolute atomic E-state index is 0. The number of guanidine groups is 1. The van der Waals surface area contributed by atoms with Gasteiger partial charge in [0.15, 0.2) is 5.96 Å². The number of aromatic nitrogens is 1. The third kappa shape index (κ3) is 6.59. The van der Waals surface area contributed by atoms with E-state index in [4.69, 9.17) is 0 Å². The van der Waals surface area contributed by atoms with E-state index in [1.807, 2.05) is 13.2 Å². The molecular formula is C20H31IN6S. The molecule has 6 nitrogen and oxygen atoms in total. The highest BCUT2D eigenvalue weighted by Crippen LogP contribution is 2.17. The standard InChI is InChI=1S/C20H30N6S.HI/c1-16(18-5-11-27-15-18)13-23-20(21-2)24-14-17-4-6-22-19(12-17)26-9-7-25(3)8-10-26;/h4-6,11-12,15-16H,7-10,13-14H2,1-3H3,(H2,21,23,24);1H. The van der Waals surface area contributed by atoms with Gasteiger partial charge in [-0.3, -0.25) is 4.99 Å². The van der Waals surface area contributed by atoms with Crippen molar-refractivity contribution in [2.75, 3.05) is 51.7 Å². The number of aliphatic imine (C=N–C) groups is 1. The molecule has 1 fully saturated rings. The summed E-state index contributed by atoms with van der Waals surface area (Å²) in [6, 6.07) is 6.43. The third-order valence-corrected chi connectivity index (χ3v) is 5.71. The van der Waals surface area contributed by atoms with Crippen LogP contribution in [0.2, 0.25) is 0 Å². The number of piperazine rings is 1. The molecule has 1 saturated heterocycles. The summed E-state index contributed by atoms with van der Waals surface area (Å²) in [5, 5.41) is 11.2. The second-order valence-corrected chi connectivity index (χ2v) is 7.86. The summed E-state index contributed by atoms with van der Waals surface area (Å²) in [5.41, 5.74) is 2.58. The fraction of sp³-hybridized carbons (Fsp3) is 0.500. The van der Waals surface area contributed by atoms with Crippen LogP contribution in [-0.4, -0.2) is 62.7 Å². The fourth-order valence-corrected chi connectivity index (χ4v) is 3.89. The number of hydrogen-bond acceptors (Lipinski definition) is 5. The van der Waals surface area contributed by atoms with Crippen LogP contribution in [0, 0.1) is 0 Å². The van der Waals surface area contributed by atoms with Crippen LogP contribution in [0.3, 0.4) is 0 Å². The molecular weight excluding hydrogens is 483 g/mol. The predicted molar refractivity (Wildman–Crippen MR) is 130 cm³/mol. The Morgan fingerprint density at radius 3 is 2.71 bits per heavy atom. The summed E-state index contributed by atoms with van der Waals surface area (Å²) in [4.78, 5) is 13.6. The molecule has 1 atom stereocenters. The summed E-state index contributed by atoms with van der Waals surface area (Å²) in [5.74, 6) is 2.35. The molecule has 0 saturated carbocycles. The Morgan fingerprint density at radius 2 is 2.04 bits per heavy atom. The van der Waals surface area contributed by atoms with Crippen molar-refractivity contribution in [1.82, 2.24) is 20.5 Å². The van der Waals surface area contributed by atoms with Crippen LogP contribution in [0.15, 0.2) is 40.1 Å². The molecule has 0 spiro atoms. The topological polar surface area (TPSA) is 55.8 Å². The van der Waals surface area contributed by atoms with Gasteiger partial charge in [0.05, 0.1) is 0 Å². The van der Waals surface area contributed by atoms with E-state index in [2.05, 4.69) is 73.3 Å². The molecule has 8 heteroatoms. The van der Waals surface area contributed by atoms with Crippen LogP contribution in [0.25, 0.3) is 0 Å². The number of nitrogens with zero attached hydrogens (tertiary/aromatic N) is 4. The lowest BCUT2D eigenvalue weighted by Crippen LogP contribution is -2.44. The van der Waals surface area contributed by atoms with Crippen molar-refractivity contribution in [3.8, 4) is 0 Å². The maximum atomic E-state index is 4.56. The first kappa shape index (κ1) is 22.9. The number of rotatable bonds is 6. The number of nitrogens with one attached hydrogen (secondary N) is 2. The van der Waals surface area contributed by atoms with Crippen molar-refractivity contribution in [1.29, 1.82) is 0 Å². The number of halogens is 1. The molecule has 1 aliphatic heterocycles. The molecule has 3 rings (SSSR count). The fourth-order valence-electron chi connectivity index (χ4n) is 3.11. The smallest absolute Gasteiger partial charge is 0.191 e. The number of likely N-dealkylation sites (N-methyl/N-ethyl adjacent to an activating group) is 1. The van der Waals surface area contributed by atoms with Crippen LogP contribution in [0.5, 0.6) is 0 Å². The van der Waals surface area contributed by atoms with E-state index in [1.54, 1.807) is 11.3 Å². The van der Waals surface area contributed by atoms with E-state index >= 15 is 0 Å². The Labute approximate surface area is 189 Å². The molecule has 28 heavy (non-hydrogen) atoms. The van der Waals surface area contributed by atoms with Crippen LogP contribution >= 0.6 is 35.3 Å². The second-order valence-electron chi connectivity index (χ2n) is 7.08. The Kier molecular flexibility index (Phi) is 9.46. The lowest BCUT2D eigenvalue weighted by molar-refractivity contribution is 0.312. The molecule has 0 aliphatic carbocycles. The summed E-state index contributed by atoms with van der Waals surface area (Å²) in [7, 11) is 3.98. The minimum atomic E-state index is 0. The van der Waals surface area contributed by atoms with Gasteiger partial charge in [-0.2, -0.15) is 11.3 Å². The molecule has 2 aromatic rings.